The van der Waals surface area contributed by atoms with Gasteiger partial charge in [0.15, 0.2) is 5.82 Å². The Kier molecular flexibility index (Phi) is 4.38. The van der Waals surface area contributed by atoms with Crippen molar-refractivity contribution in [2.75, 3.05) is 20.1 Å². The van der Waals surface area contributed by atoms with E-state index in [0.717, 1.165) is 0 Å². The number of carbonyl (C=O) groups is 2. The smallest absolute Gasteiger partial charge is 0.340 e. The van der Waals surface area contributed by atoms with Crippen molar-refractivity contribution in [3.63, 3.8) is 0 Å². The third kappa shape index (κ3) is 3.95. The van der Waals surface area contributed by atoms with Gasteiger partial charge in [-0.25, -0.2) is 0 Å². The highest BCUT2D eigenvalue weighted by Crippen LogP contribution is 2.25. The SMILES string of the molecule is Cc1nc(CN(C)C(=O)C2CC(=O)N(CC(F)(F)F)C2)no1. The van der Waals surface area contributed by atoms with E-state index in [4.69, 9.17) is 4.52 Å². The molecule has 1 aliphatic rings. The number of amides is 2. The number of rotatable bonds is 4. The summed E-state index contributed by atoms with van der Waals surface area (Å²) in [7, 11) is 1.48. The molecule has 7 nitrogen and oxygen atoms in total. The summed E-state index contributed by atoms with van der Waals surface area (Å²) in [5, 5.41) is 3.64. The molecule has 2 heterocycles. The zero-order valence-corrected chi connectivity index (χ0v) is 12.1. The molecule has 22 heavy (non-hydrogen) atoms. The molecule has 1 aromatic rings. The van der Waals surface area contributed by atoms with Gasteiger partial charge in [-0.1, -0.05) is 5.16 Å². The van der Waals surface area contributed by atoms with Crippen LogP contribution in [0, 0.1) is 12.8 Å². The third-order valence-electron chi connectivity index (χ3n) is 3.26. The lowest BCUT2D eigenvalue weighted by Gasteiger charge is -2.21. The molecule has 0 radical (unpaired) electrons. The van der Waals surface area contributed by atoms with E-state index in [1.807, 2.05) is 0 Å². The Morgan fingerprint density at radius 3 is 2.73 bits per heavy atom. The number of likely N-dealkylation sites (tertiary alicyclic amines) is 1. The number of alkyl halides is 3. The molecule has 2 amide bonds. The first-order valence-electron chi connectivity index (χ1n) is 6.54. The summed E-state index contributed by atoms with van der Waals surface area (Å²) in [4.78, 5) is 29.6. The molecule has 1 unspecified atom stereocenters. The van der Waals surface area contributed by atoms with Gasteiger partial charge in [0.05, 0.1) is 12.5 Å². The maximum Gasteiger partial charge on any atom is 0.406 e. The predicted octanol–water partition coefficient (Wildman–Crippen LogP) is 0.747. The molecule has 0 aliphatic carbocycles. The zero-order chi connectivity index (χ0) is 16.5. The normalized spacial score (nSPS) is 18.9. The topological polar surface area (TPSA) is 79.5 Å². The number of hydrogen-bond acceptors (Lipinski definition) is 5. The Morgan fingerprint density at radius 1 is 1.50 bits per heavy atom. The van der Waals surface area contributed by atoms with Crippen LogP contribution in [0.2, 0.25) is 0 Å². The van der Waals surface area contributed by atoms with Gasteiger partial charge in [-0.15, -0.1) is 0 Å². The van der Waals surface area contributed by atoms with E-state index in [1.54, 1.807) is 6.92 Å². The molecule has 1 fully saturated rings. The van der Waals surface area contributed by atoms with Crippen LogP contribution in [0.4, 0.5) is 13.2 Å². The standard InChI is InChI=1S/C12H15F3N4O3/c1-7-16-9(17-22-7)5-18(2)11(21)8-3-10(20)19(4-8)6-12(13,14)15/h8H,3-6H2,1-2H3. The van der Waals surface area contributed by atoms with Crippen molar-refractivity contribution in [3.8, 4) is 0 Å². The summed E-state index contributed by atoms with van der Waals surface area (Å²) < 4.78 is 41.8. The first kappa shape index (κ1) is 16.2. The average molecular weight is 320 g/mol. The molecule has 1 aromatic heterocycles. The number of aryl methyl sites for hydroxylation is 1. The fourth-order valence-corrected chi connectivity index (χ4v) is 2.31. The number of nitrogens with zero attached hydrogens (tertiary/aromatic N) is 4. The van der Waals surface area contributed by atoms with Crippen LogP contribution in [0.25, 0.3) is 0 Å². The molecular weight excluding hydrogens is 305 g/mol. The zero-order valence-electron chi connectivity index (χ0n) is 12.1. The highest BCUT2D eigenvalue weighted by atomic mass is 19.4. The monoisotopic (exact) mass is 320 g/mol. The van der Waals surface area contributed by atoms with Crippen molar-refractivity contribution in [1.29, 1.82) is 0 Å². The molecule has 122 valence electrons. The van der Waals surface area contributed by atoms with E-state index in [1.165, 1.54) is 11.9 Å². The number of aromatic nitrogens is 2. The maximum atomic E-state index is 12.3. The Balaban J connectivity index is 1.94. The highest BCUT2D eigenvalue weighted by Gasteiger charge is 2.41. The van der Waals surface area contributed by atoms with Gasteiger partial charge in [-0.05, 0) is 0 Å². The fraction of sp³-hybridized carbons (Fsp3) is 0.667. The fourth-order valence-electron chi connectivity index (χ4n) is 2.31. The molecule has 1 saturated heterocycles. The van der Waals surface area contributed by atoms with Crippen molar-refractivity contribution in [2.24, 2.45) is 5.92 Å². The number of halogens is 3. The van der Waals surface area contributed by atoms with E-state index < -0.39 is 30.5 Å². The first-order valence-corrected chi connectivity index (χ1v) is 6.54. The van der Waals surface area contributed by atoms with Gasteiger partial charge in [-0.3, -0.25) is 9.59 Å². The van der Waals surface area contributed by atoms with E-state index in [2.05, 4.69) is 10.1 Å². The van der Waals surface area contributed by atoms with Crippen molar-refractivity contribution in [3.05, 3.63) is 11.7 Å². The lowest BCUT2D eigenvalue weighted by atomic mass is 10.1. The Hall–Kier alpha value is -2.13. The Labute approximate surface area is 124 Å². The van der Waals surface area contributed by atoms with E-state index in [-0.39, 0.29) is 19.5 Å². The minimum Gasteiger partial charge on any atom is -0.340 e. The van der Waals surface area contributed by atoms with Gasteiger partial charge in [0.1, 0.15) is 6.54 Å². The van der Waals surface area contributed by atoms with Crippen LogP contribution in [0.1, 0.15) is 18.1 Å². The average Bonchev–Trinajstić information content (AvgIpc) is 2.94. The van der Waals surface area contributed by atoms with Crippen LogP contribution in [-0.4, -0.2) is 58.1 Å². The van der Waals surface area contributed by atoms with Gasteiger partial charge in [0, 0.05) is 26.9 Å². The maximum absolute atomic E-state index is 12.3. The van der Waals surface area contributed by atoms with E-state index in [0.29, 0.717) is 16.6 Å². The molecule has 0 spiro atoms. The van der Waals surface area contributed by atoms with Crippen molar-refractivity contribution in [1.82, 2.24) is 19.9 Å². The van der Waals surface area contributed by atoms with Gasteiger partial charge >= 0.3 is 6.18 Å². The van der Waals surface area contributed by atoms with Crippen LogP contribution in [0.5, 0.6) is 0 Å². The summed E-state index contributed by atoms with van der Waals surface area (Å²) in [5.74, 6) is -1.22. The second-order valence-electron chi connectivity index (χ2n) is 5.21. The van der Waals surface area contributed by atoms with Gasteiger partial charge in [0.2, 0.25) is 17.7 Å². The quantitative estimate of drug-likeness (QED) is 0.818. The van der Waals surface area contributed by atoms with Crippen molar-refractivity contribution < 1.29 is 27.3 Å². The molecular formula is C12H15F3N4O3. The van der Waals surface area contributed by atoms with Crippen LogP contribution in [0.3, 0.4) is 0 Å². The third-order valence-corrected chi connectivity index (χ3v) is 3.26. The summed E-state index contributed by atoms with van der Waals surface area (Å²) in [5.41, 5.74) is 0. The highest BCUT2D eigenvalue weighted by molar-refractivity contribution is 5.89. The predicted molar refractivity (Wildman–Crippen MR) is 66.3 cm³/mol. The summed E-state index contributed by atoms with van der Waals surface area (Å²) in [6, 6.07) is 0. The molecule has 2 rings (SSSR count). The second-order valence-corrected chi connectivity index (χ2v) is 5.21. The van der Waals surface area contributed by atoms with Gasteiger partial charge in [0.25, 0.3) is 0 Å². The molecule has 0 saturated carbocycles. The van der Waals surface area contributed by atoms with E-state index >= 15 is 0 Å². The number of carbonyl (C=O) groups excluding carboxylic acids is 2. The molecule has 1 atom stereocenters. The van der Waals surface area contributed by atoms with Gasteiger partial charge < -0.3 is 14.3 Å². The lowest BCUT2D eigenvalue weighted by Crippen LogP contribution is -2.37. The molecule has 1 aliphatic heterocycles. The van der Waals surface area contributed by atoms with Crippen molar-refractivity contribution >= 4 is 11.8 Å². The first-order chi connectivity index (χ1) is 10.2. The van der Waals surface area contributed by atoms with Crippen LogP contribution >= 0.6 is 0 Å². The number of hydrogen-bond donors (Lipinski definition) is 0. The largest absolute Gasteiger partial charge is 0.406 e. The minimum atomic E-state index is -4.47. The van der Waals surface area contributed by atoms with Crippen LogP contribution < -0.4 is 0 Å². The van der Waals surface area contributed by atoms with Crippen molar-refractivity contribution in [2.45, 2.75) is 26.1 Å². The molecule has 0 bridgehead atoms. The van der Waals surface area contributed by atoms with Crippen LogP contribution in [-0.2, 0) is 16.1 Å². The second kappa shape index (κ2) is 5.93. The Morgan fingerprint density at radius 2 is 2.18 bits per heavy atom. The summed E-state index contributed by atoms with van der Waals surface area (Å²) in [6.45, 7) is 0.110. The van der Waals surface area contributed by atoms with Crippen LogP contribution in [0.15, 0.2) is 4.52 Å². The molecule has 0 aromatic carbocycles. The van der Waals surface area contributed by atoms with Gasteiger partial charge in [-0.2, -0.15) is 18.2 Å². The summed E-state index contributed by atoms with van der Waals surface area (Å²) in [6.07, 6.45) is -4.69. The minimum absolute atomic E-state index is 0.0696. The Bertz CT molecular complexity index is 572. The van der Waals surface area contributed by atoms with E-state index in [9.17, 15) is 22.8 Å². The summed E-state index contributed by atoms with van der Waals surface area (Å²) >= 11 is 0. The molecule has 0 N–H and O–H groups in total. The lowest BCUT2D eigenvalue weighted by molar-refractivity contribution is -0.157. The molecule has 10 heteroatoms.